The third kappa shape index (κ3) is 8.06. The van der Waals surface area contributed by atoms with Gasteiger partial charge in [-0.15, -0.1) is 0 Å². The lowest BCUT2D eigenvalue weighted by molar-refractivity contribution is 0.00906. The van der Waals surface area contributed by atoms with Gasteiger partial charge >= 0.3 is 6.16 Å². The fourth-order valence-corrected chi connectivity index (χ4v) is 2.00. The summed E-state index contributed by atoms with van der Waals surface area (Å²) in [5, 5.41) is 0. The van der Waals surface area contributed by atoms with Gasteiger partial charge in [-0.25, -0.2) is 4.79 Å². The van der Waals surface area contributed by atoms with Crippen LogP contribution in [0.25, 0.3) is 0 Å². The number of hydrogen-bond donors (Lipinski definition) is 0. The first-order chi connectivity index (χ1) is 8.15. The molecule has 0 amide bonds. The molecule has 2 unspecified atom stereocenters. The van der Waals surface area contributed by atoms with Crippen LogP contribution < -0.4 is 0 Å². The van der Waals surface area contributed by atoms with Crippen LogP contribution in [0.2, 0.25) is 0 Å². The second kappa shape index (κ2) is 10.4. The SMILES string of the molecule is CCCCCCC(CC)C(C)OC(=O)OCC. The van der Waals surface area contributed by atoms with Crippen LogP contribution in [0.4, 0.5) is 4.79 Å². The van der Waals surface area contributed by atoms with E-state index in [0.717, 1.165) is 12.8 Å². The highest BCUT2D eigenvalue weighted by molar-refractivity contribution is 5.60. The number of unbranched alkanes of at least 4 members (excludes halogenated alkanes) is 3. The Labute approximate surface area is 106 Å². The molecule has 3 nitrogen and oxygen atoms in total. The lowest BCUT2D eigenvalue weighted by Crippen LogP contribution is -2.24. The summed E-state index contributed by atoms with van der Waals surface area (Å²) in [6.45, 7) is 8.48. The maximum absolute atomic E-state index is 11.2. The molecule has 0 saturated heterocycles. The van der Waals surface area contributed by atoms with Gasteiger partial charge in [0.1, 0.15) is 6.10 Å². The standard InChI is InChI=1S/C14H28O3/c1-5-8-9-10-11-13(6-2)12(4)17-14(15)16-7-3/h12-13H,5-11H2,1-4H3. The minimum Gasteiger partial charge on any atom is -0.435 e. The molecule has 0 N–H and O–H groups in total. The van der Waals surface area contributed by atoms with Crippen LogP contribution in [0.15, 0.2) is 0 Å². The Bertz CT molecular complexity index is 192. The van der Waals surface area contributed by atoms with Crippen molar-refractivity contribution >= 4 is 6.16 Å². The van der Waals surface area contributed by atoms with Crippen LogP contribution in [0.1, 0.15) is 66.2 Å². The Kier molecular flexibility index (Phi) is 9.98. The van der Waals surface area contributed by atoms with Crippen molar-refractivity contribution in [1.29, 1.82) is 0 Å². The first-order valence-corrected chi connectivity index (χ1v) is 6.99. The molecule has 2 atom stereocenters. The molecule has 0 aromatic rings. The molecule has 102 valence electrons. The van der Waals surface area contributed by atoms with Crippen LogP contribution in [0.3, 0.4) is 0 Å². The molecule has 0 aliphatic heterocycles. The summed E-state index contributed by atoms with van der Waals surface area (Å²) in [5.41, 5.74) is 0. The third-order valence-electron chi connectivity index (χ3n) is 3.16. The zero-order valence-electron chi connectivity index (χ0n) is 11.8. The van der Waals surface area contributed by atoms with Crippen LogP contribution >= 0.6 is 0 Å². The maximum Gasteiger partial charge on any atom is 0.508 e. The molecule has 0 rings (SSSR count). The average Bonchev–Trinajstić information content (AvgIpc) is 2.29. The highest BCUT2D eigenvalue weighted by Crippen LogP contribution is 2.20. The summed E-state index contributed by atoms with van der Waals surface area (Å²) in [4.78, 5) is 11.2. The normalized spacial score (nSPS) is 14.1. The third-order valence-corrected chi connectivity index (χ3v) is 3.16. The number of rotatable bonds is 9. The van der Waals surface area contributed by atoms with Gasteiger partial charge in [0, 0.05) is 0 Å². The molecular weight excluding hydrogens is 216 g/mol. The maximum atomic E-state index is 11.2. The van der Waals surface area contributed by atoms with Gasteiger partial charge in [0.2, 0.25) is 0 Å². The van der Waals surface area contributed by atoms with Crippen molar-refractivity contribution in [3.8, 4) is 0 Å². The zero-order chi connectivity index (χ0) is 13.1. The fraction of sp³-hybridized carbons (Fsp3) is 0.929. The molecule has 3 heteroatoms. The summed E-state index contributed by atoms with van der Waals surface area (Å²) >= 11 is 0. The van der Waals surface area contributed by atoms with Gasteiger partial charge in [-0.1, -0.05) is 39.5 Å². The second-order valence-electron chi connectivity index (χ2n) is 4.52. The molecule has 0 fully saturated rings. The molecule has 0 heterocycles. The number of ether oxygens (including phenoxy) is 2. The molecular formula is C14H28O3. The highest BCUT2D eigenvalue weighted by Gasteiger charge is 2.19. The Hall–Kier alpha value is -0.730. The zero-order valence-corrected chi connectivity index (χ0v) is 11.8. The van der Waals surface area contributed by atoms with Gasteiger partial charge in [0.25, 0.3) is 0 Å². The van der Waals surface area contributed by atoms with Gasteiger partial charge < -0.3 is 9.47 Å². The minimum atomic E-state index is -0.535. The quantitative estimate of drug-likeness (QED) is 0.441. The Balaban J connectivity index is 3.86. The van der Waals surface area contributed by atoms with Crippen molar-refractivity contribution in [1.82, 2.24) is 0 Å². The van der Waals surface area contributed by atoms with Gasteiger partial charge in [-0.05, 0) is 32.6 Å². The van der Waals surface area contributed by atoms with Crippen LogP contribution in [0, 0.1) is 5.92 Å². The first-order valence-electron chi connectivity index (χ1n) is 6.99. The fourth-order valence-electron chi connectivity index (χ4n) is 2.00. The van der Waals surface area contributed by atoms with E-state index in [-0.39, 0.29) is 6.10 Å². The van der Waals surface area contributed by atoms with E-state index in [1.165, 1.54) is 25.7 Å². The summed E-state index contributed by atoms with van der Waals surface area (Å²) in [6.07, 6.45) is 6.66. The summed E-state index contributed by atoms with van der Waals surface area (Å²) < 4.78 is 10.0. The predicted octanol–water partition coefficient (Wildman–Crippen LogP) is 4.54. The molecule has 0 spiro atoms. The Morgan fingerprint density at radius 2 is 1.82 bits per heavy atom. The monoisotopic (exact) mass is 244 g/mol. The molecule has 17 heavy (non-hydrogen) atoms. The second-order valence-corrected chi connectivity index (χ2v) is 4.52. The van der Waals surface area contributed by atoms with Crippen molar-refractivity contribution < 1.29 is 14.3 Å². The van der Waals surface area contributed by atoms with Gasteiger partial charge in [-0.2, -0.15) is 0 Å². The van der Waals surface area contributed by atoms with Crippen molar-refractivity contribution in [2.24, 2.45) is 5.92 Å². The average molecular weight is 244 g/mol. The van der Waals surface area contributed by atoms with E-state index in [2.05, 4.69) is 13.8 Å². The first kappa shape index (κ1) is 16.3. The van der Waals surface area contributed by atoms with Gasteiger partial charge in [0.05, 0.1) is 6.61 Å². The van der Waals surface area contributed by atoms with Crippen molar-refractivity contribution in [3.05, 3.63) is 0 Å². The van der Waals surface area contributed by atoms with Crippen molar-refractivity contribution in [2.45, 2.75) is 72.3 Å². The van der Waals surface area contributed by atoms with E-state index in [1.807, 2.05) is 6.92 Å². The molecule has 0 aromatic heterocycles. The molecule has 0 aliphatic rings. The van der Waals surface area contributed by atoms with E-state index in [1.54, 1.807) is 6.92 Å². The van der Waals surface area contributed by atoms with Crippen LogP contribution in [0.5, 0.6) is 0 Å². The van der Waals surface area contributed by atoms with E-state index in [9.17, 15) is 4.79 Å². The molecule has 0 saturated carbocycles. The van der Waals surface area contributed by atoms with Gasteiger partial charge in [-0.3, -0.25) is 0 Å². The van der Waals surface area contributed by atoms with E-state index < -0.39 is 6.16 Å². The van der Waals surface area contributed by atoms with E-state index >= 15 is 0 Å². The van der Waals surface area contributed by atoms with E-state index in [4.69, 9.17) is 9.47 Å². The van der Waals surface area contributed by atoms with Crippen LogP contribution in [-0.2, 0) is 9.47 Å². The highest BCUT2D eigenvalue weighted by atomic mass is 16.7. The minimum absolute atomic E-state index is 0.0410. The predicted molar refractivity (Wildman–Crippen MR) is 70.1 cm³/mol. The lowest BCUT2D eigenvalue weighted by Gasteiger charge is -2.22. The molecule has 0 bridgehead atoms. The van der Waals surface area contributed by atoms with E-state index in [0.29, 0.717) is 12.5 Å². The molecule has 0 aromatic carbocycles. The Morgan fingerprint density at radius 3 is 2.35 bits per heavy atom. The molecule has 0 aliphatic carbocycles. The topological polar surface area (TPSA) is 35.5 Å². The summed E-state index contributed by atoms with van der Waals surface area (Å²) in [7, 11) is 0. The van der Waals surface area contributed by atoms with Crippen molar-refractivity contribution in [3.63, 3.8) is 0 Å². The number of carbonyl (C=O) groups is 1. The largest absolute Gasteiger partial charge is 0.508 e. The van der Waals surface area contributed by atoms with Gasteiger partial charge in [0.15, 0.2) is 0 Å². The Morgan fingerprint density at radius 1 is 1.12 bits per heavy atom. The lowest BCUT2D eigenvalue weighted by atomic mass is 9.93. The number of carbonyl (C=O) groups excluding carboxylic acids is 1. The smallest absolute Gasteiger partial charge is 0.435 e. The summed E-state index contributed by atoms with van der Waals surface area (Å²) in [6, 6.07) is 0. The van der Waals surface area contributed by atoms with Crippen molar-refractivity contribution in [2.75, 3.05) is 6.61 Å². The van der Waals surface area contributed by atoms with Crippen LogP contribution in [-0.4, -0.2) is 18.9 Å². The summed E-state index contributed by atoms with van der Waals surface area (Å²) in [5.74, 6) is 0.455. The molecule has 0 radical (unpaired) electrons. The number of hydrogen-bond acceptors (Lipinski definition) is 3.